The van der Waals surface area contributed by atoms with Crippen LogP contribution in [0.5, 0.6) is 0 Å². The van der Waals surface area contributed by atoms with Crippen LogP contribution in [-0.2, 0) is 10.0 Å². The Labute approximate surface area is 181 Å². The molecule has 0 aromatic heterocycles. The van der Waals surface area contributed by atoms with Gasteiger partial charge in [0.15, 0.2) is 0 Å². The van der Waals surface area contributed by atoms with Crippen LogP contribution in [0.1, 0.15) is 29.5 Å². The van der Waals surface area contributed by atoms with E-state index in [0.29, 0.717) is 11.6 Å². The van der Waals surface area contributed by atoms with Gasteiger partial charge in [-0.15, -0.1) is 0 Å². The Balaban J connectivity index is 1.50. The Morgan fingerprint density at radius 3 is 2.50 bits per heavy atom. The van der Waals surface area contributed by atoms with E-state index >= 15 is 0 Å². The molecular weight excluding hydrogens is 416 g/mol. The number of rotatable bonds is 4. The van der Waals surface area contributed by atoms with Crippen LogP contribution in [0.3, 0.4) is 0 Å². The standard InChI is InChI=1S/C24H21ClN2O2S/c25-17-11-9-16(10-12-17)24-21-8-4-7-20(21)22-15-19(13-14-23(22)26-24)30(28,29)27-18-5-2-1-3-6-18/h1-7,9-15,20-21,24,26-27H,8H2/t20-,21+,24+/m0/s1. The lowest BCUT2D eigenvalue weighted by Crippen LogP contribution is -2.29. The van der Waals surface area contributed by atoms with Crippen LogP contribution >= 0.6 is 11.6 Å². The zero-order chi connectivity index (χ0) is 20.7. The third kappa shape index (κ3) is 3.48. The van der Waals surface area contributed by atoms with E-state index in [1.165, 1.54) is 5.56 Å². The van der Waals surface area contributed by atoms with Gasteiger partial charge in [-0.25, -0.2) is 8.42 Å². The zero-order valence-electron chi connectivity index (χ0n) is 16.1. The van der Waals surface area contributed by atoms with Gasteiger partial charge < -0.3 is 5.32 Å². The van der Waals surface area contributed by atoms with Gasteiger partial charge in [-0.2, -0.15) is 0 Å². The quantitative estimate of drug-likeness (QED) is 0.495. The van der Waals surface area contributed by atoms with Crippen LogP contribution in [0.15, 0.2) is 89.8 Å². The van der Waals surface area contributed by atoms with Gasteiger partial charge in [0, 0.05) is 22.3 Å². The highest BCUT2D eigenvalue weighted by atomic mass is 35.5. The molecule has 0 spiro atoms. The number of benzene rings is 3. The fourth-order valence-corrected chi connectivity index (χ4v) is 5.68. The second kappa shape index (κ2) is 7.49. The van der Waals surface area contributed by atoms with Crippen molar-refractivity contribution in [2.24, 2.45) is 5.92 Å². The van der Waals surface area contributed by atoms with Crippen molar-refractivity contribution in [3.8, 4) is 0 Å². The van der Waals surface area contributed by atoms with E-state index < -0.39 is 10.0 Å². The molecule has 3 aromatic rings. The fraction of sp³-hybridized carbons (Fsp3) is 0.167. The minimum atomic E-state index is -3.66. The summed E-state index contributed by atoms with van der Waals surface area (Å²) in [5.41, 5.74) is 3.73. The monoisotopic (exact) mass is 436 g/mol. The molecule has 0 bridgehead atoms. The summed E-state index contributed by atoms with van der Waals surface area (Å²) in [6.45, 7) is 0. The largest absolute Gasteiger partial charge is 0.378 e. The molecule has 0 saturated heterocycles. The molecule has 152 valence electrons. The van der Waals surface area contributed by atoms with Crippen LogP contribution in [-0.4, -0.2) is 8.42 Å². The van der Waals surface area contributed by atoms with Crippen molar-refractivity contribution in [1.29, 1.82) is 0 Å². The maximum Gasteiger partial charge on any atom is 0.261 e. The highest BCUT2D eigenvalue weighted by molar-refractivity contribution is 7.92. The summed E-state index contributed by atoms with van der Waals surface area (Å²) in [6, 6.07) is 22.4. The Kier molecular flexibility index (Phi) is 4.80. The van der Waals surface area contributed by atoms with Crippen molar-refractivity contribution in [2.75, 3.05) is 10.0 Å². The topological polar surface area (TPSA) is 58.2 Å². The SMILES string of the molecule is O=S(=O)(Nc1ccccc1)c1ccc2c(c1)[C@H]1C=CC[C@H]1[C@@H](c1ccc(Cl)cc1)N2. The van der Waals surface area contributed by atoms with Gasteiger partial charge in [0.25, 0.3) is 10.0 Å². The molecule has 0 fully saturated rings. The summed E-state index contributed by atoms with van der Waals surface area (Å²) in [5.74, 6) is 0.507. The van der Waals surface area contributed by atoms with E-state index in [4.69, 9.17) is 11.6 Å². The van der Waals surface area contributed by atoms with Crippen LogP contribution in [0.25, 0.3) is 0 Å². The number of allylic oxidation sites excluding steroid dienone is 2. The van der Waals surface area contributed by atoms with E-state index in [1.807, 2.05) is 24.3 Å². The molecule has 3 atom stereocenters. The molecule has 0 unspecified atom stereocenters. The Hall–Kier alpha value is -2.76. The number of hydrogen-bond acceptors (Lipinski definition) is 3. The predicted molar refractivity (Wildman–Crippen MR) is 121 cm³/mol. The summed E-state index contributed by atoms with van der Waals surface area (Å²) >= 11 is 6.07. The second-order valence-corrected chi connectivity index (χ2v) is 9.87. The maximum absolute atomic E-state index is 12.9. The van der Waals surface area contributed by atoms with Gasteiger partial charge >= 0.3 is 0 Å². The third-order valence-corrected chi connectivity index (χ3v) is 7.53. The van der Waals surface area contributed by atoms with Crippen LogP contribution in [0.4, 0.5) is 11.4 Å². The lowest BCUT2D eigenvalue weighted by atomic mass is 9.77. The first-order chi connectivity index (χ1) is 14.5. The molecule has 0 saturated carbocycles. The minimum Gasteiger partial charge on any atom is -0.378 e. The number of sulfonamides is 1. The van der Waals surface area contributed by atoms with Crippen LogP contribution in [0.2, 0.25) is 5.02 Å². The predicted octanol–water partition coefficient (Wildman–Crippen LogP) is 5.97. The molecule has 1 aliphatic carbocycles. The van der Waals surface area contributed by atoms with Crippen molar-refractivity contribution in [3.05, 3.63) is 101 Å². The molecule has 0 radical (unpaired) electrons. The average Bonchev–Trinajstić information content (AvgIpc) is 3.24. The zero-order valence-corrected chi connectivity index (χ0v) is 17.7. The number of nitrogens with one attached hydrogen (secondary N) is 2. The molecular formula is C24H21ClN2O2S. The van der Waals surface area contributed by atoms with Crippen molar-refractivity contribution in [3.63, 3.8) is 0 Å². The van der Waals surface area contributed by atoms with Gasteiger partial charge in [0.05, 0.1) is 10.9 Å². The molecule has 1 aliphatic heterocycles. The van der Waals surface area contributed by atoms with E-state index in [2.05, 4.69) is 34.3 Å². The van der Waals surface area contributed by atoms with Gasteiger partial charge in [-0.1, -0.05) is 54.1 Å². The summed E-state index contributed by atoms with van der Waals surface area (Å²) in [6.07, 6.45) is 5.34. The molecule has 6 heteroatoms. The van der Waals surface area contributed by atoms with Crippen molar-refractivity contribution >= 4 is 33.0 Å². The summed E-state index contributed by atoms with van der Waals surface area (Å²) in [4.78, 5) is 0.274. The minimum absolute atomic E-state index is 0.152. The number of fused-ring (bicyclic) bond motifs is 3. The van der Waals surface area contributed by atoms with E-state index in [-0.39, 0.29) is 16.9 Å². The fourth-order valence-electron chi connectivity index (χ4n) is 4.46. The number of para-hydroxylation sites is 1. The van der Waals surface area contributed by atoms with Crippen molar-refractivity contribution in [2.45, 2.75) is 23.3 Å². The number of hydrogen-bond donors (Lipinski definition) is 2. The summed E-state index contributed by atoms with van der Waals surface area (Å²) in [5, 5.41) is 4.35. The van der Waals surface area contributed by atoms with Gasteiger partial charge in [0.2, 0.25) is 0 Å². The van der Waals surface area contributed by atoms with E-state index in [0.717, 1.165) is 22.7 Å². The molecule has 30 heavy (non-hydrogen) atoms. The first-order valence-corrected chi connectivity index (χ1v) is 11.8. The maximum atomic E-state index is 12.9. The molecule has 1 heterocycles. The third-order valence-electron chi connectivity index (χ3n) is 5.90. The Morgan fingerprint density at radius 2 is 1.73 bits per heavy atom. The van der Waals surface area contributed by atoms with Crippen LogP contribution in [0, 0.1) is 5.92 Å². The van der Waals surface area contributed by atoms with Gasteiger partial charge in [-0.3, -0.25) is 4.72 Å². The molecule has 3 aromatic carbocycles. The average molecular weight is 437 g/mol. The van der Waals surface area contributed by atoms with Crippen LogP contribution < -0.4 is 10.0 Å². The highest BCUT2D eigenvalue weighted by Crippen LogP contribution is 2.50. The second-order valence-electron chi connectivity index (χ2n) is 7.75. The molecule has 2 N–H and O–H groups in total. The Morgan fingerprint density at radius 1 is 0.967 bits per heavy atom. The smallest absolute Gasteiger partial charge is 0.261 e. The molecule has 0 amide bonds. The van der Waals surface area contributed by atoms with E-state index in [9.17, 15) is 8.42 Å². The summed E-state index contributed by atoms with van der Waals surface area (Å²) in [7, 11) is -3.66. The number of halogens is 1. The molecule has 5 rings (SSSR count). The first-order valence-electron chi connectivity index (χ1n) is 9.92. The van der Waals surface area contributed by atoms with Crippen molar-refractivity contribution < 1.29 is 8.42 Å². The summed E-state index contributed by atoms with van der Waals surface area (Å²) < 4.78 is 28.5. The Bertz CT molecular complexity index is 1210. The molecule has 2 aliphatic rings. The van der Waals surface area contributed by atoms with Gasteiger partial charge in [0.1, 0.15) is 0 Å². The lowest BCUT2D eigenvalue weighted by Gasteiger charge is -2.37. The normalized spacial score (nSPS) is 22.1. The first kappa shape index (κ1) is 19.2. The number of anilines is 2. The van der Waals surface area contributed by atoms with E-state index in [1.54, 1.807) is 36.4 Å². The molecule has 4 nitrogen and oxygen atoms in total. The lowest BCUT2D eigenvalue weighted by molar-refractivity contribution is 0.425. The highest BCUT2D eigenvalue weighted by Gasteiger charge is 2.38. The van der Waals surface area contributed by atoms with Crippen molar-refractivity contribution in [1.82, 2.24) is 0 Å². The van der Waals surface area contributed by atoms with Gasteiger partial charge in [-0.05, 0) is 65.9 Å².